The molecular formula is C22H27BrF3NO3. The molecule has 0 spiro atoms. The highest BCUT2D eigenvalue weighted by Gasteiger charge is 2.57. The second-order valence-corrected chi connectivity index (χ2v) is 11.5. The molecule has 4 aliphatic rings. The van der Waals surface area contributed by atoms with Gasteiger partial charge in [-0.2, -0.15) is 13.2 Å². The van der Waals surface area contributed by atoms with E-state index in [0.29, 0.717) is 24.0 Å². The van der Waals surface area contributed by atoms with Crippen LogP contribution in [0.5, 0.6) is 0 Å². The molecule has 2 atom stereocenters. The van der Waals surface area contributed by atoms with Crippen molar-refractivity contribution < 1.29 is 27.5 Å². The lowest BCUT2D eigenvalue weighted by atomic mass is 9.49. The molecule has 4 saturated carbocycles. The van der Waals surface area contributed by atoms with Gasteiger partial charge in [-0.25, -0.2) is 0 Å². The number of aryl methyl sites for hydroxylation is 1. The molecule has 5 rings (SSSR count). The number of halogens is 4. The van der Waals surface area contributed by atoms with Gasteiger partial charge in [-0.15, -0.1) is 0 Å². The van der Waals surface area contributed by atoms with E-state index >= 15 is 0 Å². The Hall–Kier alpha value is -1.31. The first-order chi connectivity index (χ1) is 13.9. The van der Waals surface area contributed by atoms with Crippen LogP contribution < -0.4 is 0 Å². The molecule has 0 radical (unpaired) electrons. The molecule has 0 unspecified atom stereocenters. The number of Topliss-reactive ketones (excluding diaryl/α,β-unsaturated/α-hetero) is 1. The topological polar surface area (TPSA) is 48.3 Å². The zero-order valence-corrected chi connectivity index (χ0v) is 18.9. The average molecular weight is 490 g/mol. The highest BCUT2D eigenvalue weighted by atomic mass is 79.9. The largest absolute Gasteiger partial charge is 0.457 e. The summed E-state index contributed by atoms with van der Waals surface area (Å²) in [5.74, 6) is 0.455. The van der Waals surface area contributed by atoms with E-state index in [-0.39, 0.29) is 27.0 Å². The number of hydrogen-bond donors (Lipinski definition) is 0. The van der Waals surface area contributed by atoms with Crippen molar-refractivity contribution in [2.24, 2.45) is 17.3 Å². The van der Waals surface area contributed by atoms with Crippen LogP contribution in [0.4, 0.5) is 13.2 Å². The van der Waals surface area contributed by atoms with Crippen LogP contribution in [0.2, 0.25) is 0 Å². The van der Waals surface area contributed by atoms with Gasteiger partial charge in [0.15, 0.2) is 6.61 Å². The minimum atomic E-state index is -4.37. The quantitative estimate of drug-likeness (QED) is 0.300. The lowest BCUT2D eigenvalue weighted by Gasteiger charge is -2.60. The van der Waals surface area contributed by atoms with Crippen LogP contribution in [0.1, 0.15) is 66.7 Å². The number of esters is 1. The zero-order valence-electron chi connectivity index (χ0n) is 17.3. The summed E-state index contributed by atoms with van der Waals surface area (Å²) < 4.78 is 44.8. The normalized spacial score (nSPS) is 32.5. The van der Waals surface area contributed by atoms with Gasteiger partial charge < -0.3 is 9.30 Å². The average Bonchev–Trinajstić information content (AvgIpc) is 2.84. The zero-order chi connectivity index (χ0) is 21.9. The molecule has 1 aromatic rings. The summed E-state index contributed by atoms with van der Waals surface area (Å²) in [6.45, 7) is 1.44. The van der Waals surface area contributed by atoms with E-state index in [1.54, 1.807) is 0 Å². The minimum absolute atomic E-state index is 0.0454. The van der Waals surface area contributed by atoms with E-state index < -0.39 is 25.1 Å². The molecular weight excluding hydrogens is 463 g/mol. The van der Waals surface area contributed by atoms with E-state index in [1.165, 1.54) is 39.2 Å². The third kappa shape index (κ3) is 4.34. The van der Waals surface area contributed by atoms with Gasteiger partial charge in [0.05, 0.1) is 6.42 Å². The minimum Gasteiger partial charge on any atom is -0.457 e. The van der Waals surface area contributed by atoms with Crippen molar-refractivity contribution in [2.45, 2.75) is 75.8 Å². The van der Waals surface area contributed by atoms with Crippen molar-refractivity contribution in [3.8, 4) is 0 Å². The lowest BCUT2D eigenvalue weighted by molar-refractivity contribution is -0.149. The number of nitrogens with zero attached hydrogens (tertiary/aromatic N) is 1. The summed E-state index contributed by atoms with van der Waals surface area (Å²) in [6, 6.07) is 1.44. The maximum atomic E-state index is 12.8. The predicted octanol–water partition coefficient (Wildman–Crippen LogP) is 5.52. The Bertz CT molecular complexity index is 862. The summed E-state index contributed by atoms with van der Waals surface area (Å²) in [5.41, 5.74) is 0.735. The number of aromatic nitrogens is 1. The summed E-state index contributed by atoms with van der Waals surface area (Å²) in [6.07, 6.45) is 2.58. The Morgan fingerprint density at radius 3 is 2.40 bits per heavy atom. The third-order valence-corrected chi connectivity index (χ3v) is 8.13. The Labute approximate surface area is 182 Å². The standard InChI is InChI=1S/C22H27BrF3NO3/c1-13-3-17(14(2)27(13)12-22(24,25)26)18(28)10-30-19(29)9-20-5-15-4-16(6-20)8-21(23,7-15)11-20/h3,15-16H,4-12H2,1-2H3/t15-,16-,20?,21?/m1/s1. The Morgan fingerprint density at radius 1 is 1.20 bits per heavy atom. The van der Waals surface area contributed by atoms with Gasteiger partial charge in [-0.1, -0.05) is 15.9 Å². The molecule has 0 amide bonds. The van der Waals surface area contributed by atoms with Gasteiger partial charge in [-0.3, -0.25) is 9.59 Å². The van der Waals surface area contributed by atoms with Gasteiger partial charge in [0.2, 0.25) is 5.78 Å². The fourth-order valence-electron chi connectivity index (χ4n) is 6.63. The second-order valence-electron chi connectivity index (χ2n) is 9.86. The first kappa shape index (κ1) is 21.9. The lowest BCUT2D eigenvalue weighted by Crippen LogP contribution is -2.53. The molecule has 166 valence electrons. The van der Waals surface area contributed by atoms with Crippen molar-refractivity contribution in [1.82, 2.24) is 4.57 Å². The maximum absolute atomic E-state index is 12.8. The first-order valence-electron chi connectivity index (χ1n) is 10.5. The summed E-state index contributed by atoms with van der Waals surface area (Å²) in [4.78, 5) is 25.1. The molecule has 0 N–H and O–H groups in total. The van der Waals surface area contributed by atoms with Crippen LogP contribution in [-0.4, -0.2) is 33.4 Å². The molecule has 4 bridgehead atoms. The van der Waals surface area contributed by atoms with Gasteiger partial charge in [0.25, 0.3) is 0 Å². The molecule has 30 heavy (non-hydrogen) atoms. The highest BCUT2D eigenvalue weighted by molar-refractivity contribution is 9.10. The van der Waals surface area contributed by atoms with Crippen LogP contribution in [0, 0.1) is 31.1 Å². The number of alkyl halides is 4. The van der Waals surface area contributed by atoms with Gasteiger partial charge >= 0.3 is 12.1 Å². The van der Waals surface area contributed by atoms with Crippen LogP contribution in [0.25, 0.3) is 0 Å². The molecule has 8 heteroatoms. The van der Waals surface area contributed by atoms with E-state index in [1.807, 2.05) is 0 Å². The molecule has 0 aliphatic heterocycles. The smallest absolute Gasteiger partial charge is 0.406 e. The van der Waals surface area contributed by atoms with Crippen molar-refractivity contribution in [2.75, 3.05) is 6.61 Å². The molecule has 1 heterocycles. The Kier molecular flexibility index (Phi) is 5.39. The van der Waals surface area contributed by atoms with Crippen LogP contribution >= 0.6 is 15.9 Å². The molecule has 1 aromatic heterocycles. The summed E-state index contributed by atoms with van der Waals surface area (Å²) in [5, 5.41) is 0. The van der Waals surface area contributed by atoms with E-state index in [0.717, 1.165) is 23.8 Å². The molecule has 0 aromatic carbocycles. The van der Waals surface area contributed by atoms with Crippen LogP contribution in [-0.2, 0) is 16.1 Å². The van der Waals surface area contributed by atoms with Crippen molar-refractivity contribution >= 4 is 27.7 Å². The van der Waals surface area contributed by atoms with Gasteiger partial charge in [0.1, 0.15) is 6.54 Å². The van der Waals surface area contributed by atoms with Crippen molar-refractivity contribution in [3.63, 3.8) is 0 Å². The predicted molar refractivity (Wildman–Crippen MR) is 109 cm³/mol. The molecule has 0 saturated heterocycles. The van der Waals surface area contributed by atoms with Crippen molar-refractivity contribution in [3.05, 3.63) is 23.0 Å². The SMILES string of the molecule is Cc1cc(C(=O)COC(=O)CC23C[C@H]4C[C@@H](CC(Br)(C4)C2)C3)c(C)n1CC(F)(F)F. The monoisotopic (exact) mass is 489 g/mol. The van der Waals surface area contributed by atoms with Crippen LogP contribution in [0.15, 0.2) is 6.07 Å². The number of ketones is 1. The first-order valence-corrected chi connectivity index (χ1v) is 11.3. The fourth-order valence-corrected chi connectivity index (χ4v) is 8.14. The van der Waals surface area contributed by atoms with Gasteiger partial charge in [0, 0.05) is 21.3 Å². The Morgan fingerprint density at radius 2 is 1.83 bits per heavy atom. The van der Waals surface area contributed by atoms with Crippen molar-refractivity contribution in [1.29, 1.82) is 0 Å². The number of hydrogen-bond acceptors (Lipinski definition) is 3. The number of carbonyl (C=O) groups is 2. The number of rotatable bonds is 6. The van der Waals surface area contributed by atoms with E-state index in [4.69, 9.17) is 4.74 Å². The van der Waals surface area contributed by atoms with E-state index in [9.17, 15) is 22.8 Å². The highest BCUT2D eigenvalue weighted by Crippen LogP contribution is 2.65. The molecule has 4 fully saturated rings. The molecule has 4 nitrogen and oxygen atoms in total. The number of ether oxygens (including phenoxy) is 1. The third-order valence-electron chi connectivity index (χ3n) is 7.21. The van der Waals surface area contributed by atoms with Crippen LogP contribution in [0.3, 0.4) is 0 Å². The van der Waals surface area contributed by atoms with E-state index in [2.05, 4.69) is 15.9 Å². The molecule has 4 aliphatic carbocycles. The second kappa shape index (κ2) is 7.38. The fraction of sp³-hybridized carbons (Fsp3) is 0.727. The maximum Gasteiger partial charge on any atom is 0.406 e. The summed E-state index contributed by atoms with van der Waals surface area (Å²) in [7, 11) is 0. The van der Waals surface area contributed by atoms with Gasteiger partial charge in [-0.05, 0) is 75.7 Å². The Balaban J connectivity index is 1.37. The number of carbonyl (C=O) groups excluding carboxylic acids is 2. The summed E-state index contributed by atoms with van der Waals surface area (Å²) >= 11 is 3.92.